The van der Waals surface area contributed by atoms with Crippen molar-refractivity contribution in [1.82, 2.24) is 0 Å². The minimum absolute atomic E-state index is 0.0819. The van der Waals surface area contributed by atoms with Gasteiger partial charge in [-0.15, -0.1) is 0 Å². The van der Waals surface area contributed by atoms with E-state index in [1.165, 1.54) is 0 Å². The molecule has 0 amide bonds. The van der Waals surface area contributed by atoms with E-state index in [2.05, 4.69) is 0 Å². The Morgan fingerprint density at radius 3 is 1.42 bits per heavy atom. The first-order valence-electron chi connectivity index (χ1n) is 7.22. The standard InChI is InChI=1S/C12H19F8N.H2O4S/c13-4-2-1-3-6(14)8(16)10(18)12(20)11(19)9(17)7(15)5-21;1-5(2,3)4/h6-12H,1-5,21H2;(H2,1,2,3,4). The molecule has 160 valence electrons. The zero-order valence-electron chi connectivity index (χ0n) is 13.3. The molecular weight excluding hydrogens is 406 g/mol. The van der Waals surface area contributed by atoms with Crippen LogP contribution in [0, 0.1) is 0 Å². The molecule has 0 aromatic heterocycles. The molecule has 7 unspecified atom stereocenters. The second-order valence-corrected chi connectivity index (χ2v) is 6.02. The third kappa shape index (κ3) is 12.6. The lowest BCUT2D eigenvalue weighted by Crippen LogP contribution is -2.46. The molecule has 0 bridgehead atoms. The van der Waals surface area contributed by atoms with Gasteiger partial charge in [-0.25, -0.2) is 30.7 Å². The van der Waals surface area contributed by atoms with Crippen molar-refractivity contribution in [1.29, 1.82) is 0 Å². The predicted molar refractivity (Wildman–Crippen MR) is 77.3 cm³/mol. The minimum atomic E-state index is -4.67. The summed E-state index contributed by atoms with van der Waals surface area (Å²) >= 11 is 0. The number of hydrogen-bond acceptors (Lipinski definition) is 3. The van der Waals surface area contributed by atoms with Gasteiger partial charge < -0.3 is 5.73 Å². The van der Waals surface area contributed by atoms with Crippen LogP contribution < -0.4 is 5.73 Å². The van der Waals surface area contributed by atoms with E-state index >= 15 is 0 Å². The van der Waals surface area contributed by atoms with Crippen molar-refractivity contribution < 1.29 is 52.6 Å². The first-order chi connectivity index (χ1) is 11.8. The van der Waals surface area contributed by atoms with Gasteiger partial charge in [0.05, 0.1) is 6.67 Å². The third-order valence-electron chi connectivity index (χ3n) is 3.00. The van der Waals surface area contributed by atoms with Gasteiger partial charge in [0.2, 0.25) is 0 Å². The normalized spacial score (nSPS) is 20.1. The predicted octanol–water partition coefficient (Wildman–Crippen LogP) is 2.80. The molecule has 0 aromatic rings. The second-order valence-electron chi connectivity index (χ2n) is 5.12. The summed E-state index contributed by atoms with van der Waals surface area (Å²) in [6.07, 6.45) is -21.9. The van der Waals surface area contributed by atoms with Gasteiger partial charge in [-0.2, -0.15) is 8.42 Å². The molecule has 0 aliphatic rings. The summed E-state index contributed by atoms with van der Waals surface area (Å²) in [4.78, 5) is 0. The monoisotopic (exact) mass is 427 g/mol. The van der Waals surface area contributed by atoms with Crippen LogP contribution in [-0.4, -0.2) is 73.9 Å². The van der Waals surface area contributed by atoms with Crippen LogP contribution in [-0.2, 0) is 10.4 Å². The topological polar surface area (TPSA) is 101 Å². The molecule has 0 aromatic carbocycles. The Hall–Kier alpha value is -0.730. The van der Waals surface area contributed by atoms with E-state index in [1.54, 1.807) is 0 Å². The van der Waals surface area contributed by atoms with E-state index in [4.69, 9.17) is 23.3 Å². The van der Waals surface area contributed by atoms with E-state index in [9.17, 15) is 35.1 Å². The fourth-order valence-corrected chi connectivity index (χ4v) is 1.65. The summed E-state index contributed by atoms with van der Waals surface area (Å²) in [7, 11) is -4.67. The van der Waals surface area contributed by atoms with Crippen LogP contribution in [0.2, 0.25) is 0 Å². The van der Waals surface area contributed by atoms with Gasteiger partial charge in [0.25, 0.3) is 0 Å². The van der Waals surface area contributed by atoms with Crippen LogP contribution in [0.4, 0.5) is 35.1 Å². The molecule has 0 spiro atoms. The number of rotatable bonds is 11. The number of unbranched alkanes of at least 4 members (excludes halogenated alkanes) is 1. The average molecular weight is 427 g/mol. The highest BCUT2D eigenvalue weighted by Crippen LogP contribution is 2.27. The van der Waals surface area contributed by atoms with Crippen molar-refractivity contribution in [3.05, 3.63) is 0 Å². The van der Waals surface area contributed by atoms with Crippen LogP contribution in [0.25, 0.3) is 0 Å². The molecule has 0 aliphatic heterocycles. The van der Waals surface area contributed by atoms with Crippen LogP contribution in [0.3, 0.4) is 0 Å². The van der Waals surface area contributed by atoms with Crippen molar-refractivity contribution in [3.8, 4) is 0 Å². The second kappa shape index (κ2) is 13.4. The van der Waals surface area contributed by atoms with E-state index in [0.717, 1.165) is 0 Å². The van der Waals surface area contributed by atoms with Crippen LogP contribution in [0.1, 0.15) is 19.3 Å². The van der Waals surface area contributed by atoms with Gasteiger partial charge in [0.1, 0.15) is 12.3 Å². The summed E-state index contributed by atoms with van der Waals surface area (Å²) in [5.41, 5.74) is 4.70. The molecule has 0 fully saturated rings. The molecule has 0 aliphatic carbocycles. The lowest BCUT2D eigenvalue weighted by Gasteiger charge is -2.25. The zero-order valence-corrected chi connectivity index (χ0v) is 14.1. The van der Waals surface area contributed by atoms with E-state index in [-0.39, 0.29) is 12.8 Å². The van der Waals surface area contributed by atoms with Gasteiger partial charge in [-0.1, -0.05) is 0 Å². The van der Waals surface area contributed by atoms with Crippen molar-refractivity contribution in [2.75, 3.05) is 13.2 Å². The lowest BCUT2D eigenvalue weighted by molar-refractivity contribution is -0.0349. The Morgan fingerprint density at radius 1 is 0.731 bits per heavy atom. The largest absolute Gasteiger partial charge is 0.394 e. The first kappa shape index (κ1) is 27.5. The molecule has 0 heterocycles. The summed E-state index contributed by atoms with van der Waals surface area (Å²) in [5, 5.41) is 0. The Bertz CT molecular complexity index is 453. The van der Waals surface area contributed by atoms with Crippen molar-refractivity contribution in [2.45, 2.75) is 62.5 Å². The Kier molecular flexibility index (Phi) is 14.2. The summed E-state index contributed by atoms with van der Waals surface area (Å²) in [5.74, 6) is 0. The molecule has 7 atom stereocenters. The smallest absolute Gasteiger partial charge is 0.328 e. The highest BCUT2D eigenvalue weighted by molar-refractivity contribution is 7.79. The summed E-state index contributed by atoms with van der Waals surface area (Å²) in [6.45, 7) is -1.74. The third-order valence-corrected chi connectivity index (χ3v) is 3.00. The summed E-state index contributed by atoms with van der Waals surface area (Å²) in [6, 6.07) is 0. The van der Waals surface area contributed by atoms with Crippen molar-refractivity contribution >= 4 is 10.4 Å². The number of hydrogen-bond donors (Lipinski definition) is 3. The van der Waals surface area contributed by atoms with Gasteiger partial charge >= 0.3 is 10.4 Å². The Morgan fingerprint density at radius 2 is 1.08 bits per heavy atom. The zero-order chi connectivity index (χ0) is 21.1. The summed E-state index contributed by atoms with van der Waals surface area (Å²) < 4.78 is 135. The van der Waals surface area contributed by atoms with Gasteiger partial charge in [-0.05, 0) is 19.3 Å². The highest BCUT2D eigenvalue weighted by atomic mass is 32.3. The van der Waals surface area contributed by atoms with E-state index in [0.29, 0.717) is 0 Å². The highest BCUT2D eigenvalue weighted by Gasteiger charge is 2.45. The van der Waals surface area contributed by atoms with Crippen LogP contribution >= 0.6 is 0 Å². The molecule has 0 saturated carbocycles. The first-order valence-corrected chi connectivity index (χ1v) is 8.61. The molecule has 5 nitrogen and oxygen atoms in total. The molecule has 26 heavy (non-hydrogen) atoms. The van der Waals surface area contributed by atoms with E-state index in [1.807, 2.05) is 0 Å². The van der Waals surface area contributed by atoms with E-state index < -0.39 is 73.2 Å². The van der Waals surface area contributed by atoms with Gasteiger partial charge in [0.15, 0.2) is 30.9 Å². The van der Waals surface area contributed by atoms with Gasteiger partial charge in [0, 0.05) is 6.54 Å². The average Bonchev–Trinajstić information content (AvgIpc) is 2.56. The fraction of sp³-hybridized carbons (Fsp3) is 1.00. The van der Waals surface area contributed by atoms with Crippen LogP contribution in [0.15, 0.2) is 0 Å². The molecular formula is C12H21F8NO4S. The maximum Gasteiger partial charge on any atom is 0.394 e. The Labute approximate surface area is 145 Å². The molecule has 0 saturated heterocycles. The van der Waals surface area contributed by atoms with Crippen LogP contribution in [0.5, 0.6) is 0 Å². The van der Waals surface area contributed by atoms with Gasteiger partial charge in [-0.3, -0.25) is 13.5 Å². The van der Waals surface area contributed by atoms with Crippen molar-refractivity contribution in [3.63, 3.8) is 0 Å². The lowest BCUT2D eigenvalue weighted by atomic mass is 9.97. The SMILES string of the molecule is NCC(F)C(F)C(F)C(F)C(F)C(F)C(F)CCCCF.O=S(=O)(O)O. The molecule has 0 rings (SSSR count). The maximum atomic E-state index is 13.3. The number of alkyl halides is 8. The molecule has 4 N–H and O–H groups in total. The molecule has 0 radical (unpaired) electrons. The van der Waals surface area contributed by atoms with Crippen molar-refractivity contribution in [2.24, 2.45) is 5.73 Å². The Balaban J connectivity index is 0. The quantitative estimate of drug-likeness (QED) is 0.268. The molecule has 14 heteroatoms. The fourth-order valence-electron chi connectivity index (χ4n) is 1.65. The number of halogens is 8. The maximum absolute atomic E-state index is 13.3. The number of nitrogens with two attached hydrogens (primary N) is 1. The minimum Gasteiger partial charge on any atom is -0.328 e.